The summed E-state index contributed by atoms with van der Waals surface area (Å²) in [5, 5.41) is 9.20. The highest BCUT2D eigenvalue weighted by molar-refractivity contribution is 6.00. The molecule has 82 valence electrons. The van der Waals surface area contributed by atoms with Gasteiger partial charge in [0.1, 0.15) is 5.82 Å². The monoisotopic (exact) mass is 218 g/mol. The van der Waals surface area contributed by atoms with Crippen LogP contribution in [0, 0.1) is 0 Å². The molecule has 0 atom stereocenters. The number of aromatic nitrogens is 5. The fraction of sp³-hybridized carbons (Fsp3) is 0.333. The molecule has 7 nitrogen and oxygen atoms in total. The number of hydrogen-bond acceptors (Lipinski definition) is 4. The number of carbonyl (C=O) groups is 1. The molecule has 0 unspecified atom stereocenters. The Labute approximate surface area is 90.7 Å². The molecule has 0 aliphatic heterocycles. The lowest BCUT2D eigenvalue weighted by Gasteiger charge is -1.95. The number of aromatic amines is 2. The molecule has 0 saturated heterocycles. The van der Waals surface area contributed by atoms with Crippen LogP contribution < -0.4 is 5.32 Å². The van der Waals surface area contributed by atoms with Gasteiger partial charge in [0.05, 0.1) is 0 Å². The van der Waals surface area contributed by atoms with E-state index < -0.39 is 0 Å². The van der Waals surface area contributed by atoms with Crippen LogP contribution in [-0.4, -0.2) is 31.1 Å². The number of hydrogen-bond donors (Lipinski definition) is 3. The molecule has 0 spiro atoms. The van der Waals surface area contributed by atoms with Crippen LogP contribution in [-0.2, 0) is 0 Å². The first-order chi connectivity index (χ1) is 7.83. The Hall–Kier alpha value is -2.18. The molecule has 1 aliphatic rings. The van der Waals surface area contributed by atoms with Gasteiger partial charge in [-0.2, -0.15) is 0 Å². The highest BCUT2D eigenvalue weighted by atomic mass is 16.2. The molecule has 7 heteroatoms. The van der Waals surface area contributed by atoms with Crippen molar-refractivity contribution in [1.29, 1.82) is 0 Å². The first-order valence-corrected chi connectivity index (χ1v) is 5.06. The summed E-state index contributed by atoms with van der Waals surface area (Å²) in [4.78, 5) is 22.4. The SMILES string of the molecule is O=C(Nc1ncc[nH]1)c1n[nH]c(C2CC2)n1. The predicted octanol–water partition coefficient (Wildman–Crippen LogP) is 0.657. The van der Waals surface area contributed by atoms with E-state index in [4.69, 9.17) is 0 Å². The van der Waals surface area contributed by atoms with Crippen molar-refractivity contribution in [2.45, 2.75) is 18.8 Å². The van der Waals surface area contributed by atoms with E-state index in [1.54, 1.807) is 12.4 Å². The molecule has 16 heavy (non-hydrogen) atoms. The van der Waals surface area contributed by atoms with E-state index in [1.165, 1.54) is 0 Å². The molecule has 3 rings (SSSR count). The van der Waals surface area contributed by atoms with Gasteiger partial charge in [0.15, 0.2) is 0 Å². The standard InChI is InChI=1S/C9H10N6O/c16-8(13-9-10-3-4-11-9)7-12-6(14-15-7)5-1-2-5/h3-5H,1-2H2,(H,12,14,15)(H2,10,11,13,16). The Bertz CT molecular complexity index is 498. The summed E-state index contributed by atoms with van der Waals surface area (Å²) in [6.07, 6.45) is 5.43. The minimum atomic E-state index is -0.363. The Morgan fingerprint density at radius 2 is 2.38 bits per heavy atom. The van der Waals surface area contributed by atoms with Crippen molar-refractivity contribution in [2.24, 2.45) is 0 Å². The first-order valence-electron chi connectivity index (χ1n) is 5.06. The lowest BCUT2D eigenvalue weighted by Crippen LogP contribution is -2.14. The second-order valence-corrected chi connectivity index (χ2v) is 3.71. The van der Waals surface area contributed by atoms with Crippen molar-refractivity contribution in [3.05, 3.63) is 24.0 Å². The summed E-state index contributed by atoms with van der Waals surface area (Å²) < 4.78 is 0. The van der Waals surface area contributed by atoms with E-state index in [-0.39, 0.29) is 11.7 Å². The number of rotatable bonds is 3. The van der Waals surface area contributed by atoms with Gasteiger partial charge in [0.25, 0.3) is 5.91 Å². The second-order valence-electron chi connectivity index (χ2n) is 3.71. The quantitative estimate of drug-likeness (QED) is 0.704. The lowest BCUT2D eigenvalue weighted by molar-refractivity contribution is 0.101. The largest absolute Gasteiger partial charge is 0.331 e. The van der Waals surface area contributed by atoms with Crippen molar-refractivity contribution >= 4 is 11.9 Å². The zero-order chi connectivity index (χ0) is 11.0. The Balaban J connectivity index is 1.73. The number of imidazole rings is 1. The van der Waals surface area contributed by atoms with Gasteiger partial charge >= 0.3 is 0 Å². The van der Waals surface area contributed by atoms with E-state index in [0.717, 1.165) is 18.7 Å². The molecular formula is C9H10N6O. The van der Waals surface area contributed by atoms with Crippen molar-refractivity contribution in [2.75, 3.05) is 5.32 Å². The van der Waals surface area contributed by atoms with Gasteiger partial charge in [-0.3, -0.25) is 15.2 Å². The molecule has 1 fully saturated rings. The Kier molecular flexibility index (Phi) is 1.95. The predicted molar refractivity (Wildman–Crippen MR) is 54.9 cm³/mol. The minimum Gasteiger partial charge on any atom is -0.331 e. The smallest absolute Gasteiger partial charge is 0.297 e. The molecule has 2 aromatic rings. The van der Waals surface area contributed by atoms with Crippen molar-refractivity contribution in [3.8, 4) is 0 Å². The summed E-state index contributed by atoms with van der Waals surface area (Å²) >= 11 is 0. The van der Waals surface area contributed by atoms with E-state index in [1.807, 2.05) is 0 Å². The van der Waals surface area contributed by atoms with Crippen LogP contribution in [0.1, 0.15) is 35.2 Å². The fourth-order valence-electron chi connectivity index (χ4n) is 1.41. The number of nitrogens with one attached hydrogen (secondary N) is 3. The minimum absolute atomic E-state index is 0.151. The van der Waals surface area contributed by atoms with Gasteiger partial charge in [-0.1, -0.05) is 0 Å². The molecule has 0 bridgehead atoms. The maximum atomic E-state index is 11.7. The summed E-state index contributed by atoms with van der Waals surface area (Å²) in [5.41, 5.74) is 0. The third-order valence-electron chi connectivity index (χ3n) is 2.40. The van der Waals surface area contributed by atoms with Gasteiger partial charge < -0.3 is 4.98 Å². The highest BCUT2D eigenvalue weighted by Crippen LogP contribution is 2.37. The summed E-state index contributed by atoms with van der Waals surface area (Å²) in [7, 11) is 0. The normalized spacial score (nSPS) is 15.0. The fourth-order valence-corrected chi connectivity index (χ4v) is 1.41. The van der Waals surface area contributed by atoms with Crippen molar-refractivity contribution < 1.29 is 4.79 Å². The average Bonchev–Trinajstić information content (AvgIpc) is 2.82. The Morgan fingerprint density at radius 1 is 1.50 bits per heavy atom. The van der Waals surface area contributed by atoms with Crippen molar-refractivity contribution in [3.63, 3.8) is 0 Å². The maximum absolute atomic E-state index is 11.7. The van der Waals surface area contributed by atoms with Crippen LogP contribution in [0.3, 0.4) is 0 Å². The van der Waals surface area contributed by atoms with E-state index in [0.29, 0.717) is 11.9 Å². The molecule has 3 N–H and O–H groups in total. The maximum Gasteiger partial charge on any atom is 0.297 e. The summed E-state index contributed by atoms with van der Waals surface area (Å²) in [6.45, 7) is 0. The van der Waals surface area contributed by atoms with Crippen LogP contribution in [0.15, 0.2) is 12.4 Å². The molecule has 1 aliphatic carbocycles. The second kappa shape index (κ2) is 3.44. The third kappa shape index (κ3) is 1.67. The van der Waals surface area contributed by atoms with E-state index in [9.17, 15) is 4.79 Å². The van der Waals surface area contributed by atoms with Gasteiger partial charge in [-0.15, -0.1) is 5.10 Å². The van der Waals surface area contributed by atoms with Gasteiger partial charge in [0, 0.05) is 18.3 Å². The molecule has 1 amide bonds. The molecule has 0 aromatic carbocycles. The summed E-state index contributed by atoms with van der Waals surface area (Å²) in [5.74, 6) is 1.43. The molecule has 2 heterocycles. The first kappa shape index (κ1) is 9.08. The third-order valence-corrected chi connectivity index (χ3v) is 2.40. The van der Waals surface area contributed by atoms with Crippen LogP contribution >= 0.6 is 0 Å². The molecular weight excluding hydrogens is 208 g/mol. The molecule has 1 saturated carbocycles. The van der Waals surface area contributed by atoms with Crippen LogP contribution in [0.5, 0.6) is 0 Å². The van der Waals surface area contributed by atoms with Crippen LogP contribution in [0.2, 0.25) is 0 Å². The highest BCUT2D eigenvalue weighted by Gasteiger charge is 2.28. The van der Waals surface area contributed by atoms with Gasteiger partial charge in [0.2, 0.25) is 11.8 Å². The zero-order valence-electron chi connectivity index (χ0n) is 8.40. The van der Waals surface area contributed by atoms with Crippen LogP contribution in [0.4, 0.5) is 5.95 Å². The van der Waals surface area contributed by atoms with E-state index >= 15 is 0 Å². The topological polar surface area (TPSA) is 99.4 Å². The number of H-pyrrole nitrogens is 2. The number of carbonyl (C=O) groups excluding carboxylic acids is 1. The van der Waals surface area contributed by atoms with Gasteiger partial charge in [-0.05, 0) is 12.8 Å². The number of amides is 1. The van der Waals surface area contributed by atoms with Crippen LogP contribution in [0.25, 0.3) is 0 Å². The number of nitrogens with zero attached hydrogens (tertiary/aromatic N) is 3. The average molecular weight is 218 g/mol. The van der Waals surface area contributed by atoms with Gasteiger partial charge in [-0.25, -0.2) is 9.97 Å². The lowest BCUT2D eigenvalue weighted by atomic mass is 10.4. The molecule has 0 radical (unpaired) electrons. The van der Waals surface area contributed by atoms with Crippen molar-refractivity contribution in [1.82, 2.24) is 25.1 Å². The molecule has 2 aromatic heterocycles. The zero-order valence-corrected chi connectivity index (χ0v) is 8.40. The Morgan fingerprint density at radius 3 is 3.06 bits per heavy atom. The summed E-state index contributed by atoms with van der Waals surface area (Å²) in [6, 6.07) is 0. The number of anilines is 1. The van der Waals surface area contributed by atoms with E-state index in [2.05, 4.69) is 30.5 Å².